The molecule has 0 aliphatic carbocycles. The molecule has 0 amide bonds. The second-order valence-corrected chi connectivity index (χ2v) is 6.47. The van der Waals surface area contributed by atoms with Crippen LogP contribution in [-0.4, -0.2) is 20.0 Å². The van der Waals surface area contributed by atoms with E-state index in [0.29, 0.717) is 6.54 Å². The van der Waals surface area contributed by atoms with Crippen LogP contribution in [0.3, 0.4) is 0 Å². The van der Waals surface area contributed by atoms with E-state index in [-0.39, 0.29) is 5.25 Å². The van der Waals surface area contributed by atoms with Gasteiger partial charge < -0.3 is 4.42 Å². The van der Waals surface area contributed by atoms with E-state index in [2.05, 4.69) is 28.4 Å². The highest BCUT2D eigenvalue weighted by Crippen LogP contribution is 2.29. The minimum absolute atomic E-state index is 0.188. The van der Waals surface area contributed by atoms with E-state index in [1.165, 1.54) is 11.8 Å². The van der Waals surface area contributed by atoms with Crippen molar-refractivity contribution in [1.29, 1.82) is 5.26 Å². The van der Waals surface area contributed by atoms with Gasteiger partial charge in [-0.25, -0.2) is 0 Å². The van der Waals surface area contributed by atoms with Gasteiger partial charge in [-0.05, 0) is 25.5 Å². The highest BCUT2D eigenvalue weighted by atomic mass is 32.2. The van der Waals surface area contributed by atoms with Crippen molar-refractivity contribution in [3.63, 3.8) is 0 Å². The number of nitrogens with zero attached hydrogens (tertiary/aromatic N) is 4. The van der Waals surface area contributed by atoms with Crippen LogP contribution in [0.2, 0.25) is 0 Å². The molecular weight excluding hydrogens is 308 g/mol. The van der Waals surface area contributed by atoms with Gasteiger partial charge in [0.15, 0.2) is 11.0 Å². The predicted molar refractivity (Wildman–Crippen MR) is 88.9 cm³/mol. The molecule has 23 heavy (non-hydrogen) atoms. The monoisotopic (exact) mass is 324 g/mol. The zero-order chi connectivity index (χ0) is 16.2. The zero-order valence-electron chi connectivity index (χ0n) is 12.9. The van der Waals surface area contributed by atoms with Gasteiger partial charge in [-0.3, -0.25) is 4.57 Å². The number of hydrogen-bond acceptors (Lipinski definition) is 5. The van der Waals surface area contributed by atoms with Crippen molar-refractivity contribution in [2.45, 2.75) is 30.8 Å². The molecule has 2 aromatic heterocycles. The Hall–Kier alpha value is -2.52. The molecule has 0 fully saturated rings. The molecule has 0 aliphatic heterocycles. The Labute approximate surface area is 139 Å². The van der Waals surface area contributed by atoms with Crippen LogP contribution in [0.1, 0.15) is 18.2 Å². The number of aromatic nitrogens is 3. The third kappa shape index (κ3) is 3.30. The Bertz CT molecular complexity index is 832. The second-order valence-electron chi connectivity index (χ2n) is 5.16. The van der Waals surface area contributed by atoms with E-state index >= 15 is 0 Å². The van der Waals surface area contributed by atoms with Crippen molar-refractivity contribution < 1.29 is 4.42 Å². The van der Waals surface area contributed by atoms with Crippen molar-refractivity contribution in [3.8, 4) is 17.5 Å². The van der Waals surface area contributed by atoms with E-state index in [4.69, 9.17) is 9.68 Å². The molecule has 0 spiro atoms. The molecule has 5 nitrogen and oxygen atoms in total. The Morgan fingerprint density at radius 2 is 2.04 bits per heavy atom. The van der Waals surface area contributed by atoms with Crippen LogP contribution in [0, 0.1) is 18.3 Å². The summed E-state index contributed by atoms with van der Waals surface area (Å²) in [5.74, 6) is 1.56. The summed E-state index contributed by atoms with van der Waals surface area (Å²) in [6.45, 7) is 4.41. The molecule has 116 valence electrons. The summed E-state index contributed by atoms with van der Waals surface area (Å²) < 4.78 is 7.43. The van der Waals surface area contributed by atoms with E-state index in [0.717, 1.165) is 27.9 Å². The summed E-state index contributed by atoms with van der Waals surface area (Å²) in [6, 6.07) is 14.2. The first-order valence-corrected chi connectivity index (χ1v) is 8.15. The summed E-state index contributed by atoms with van der Waals surface area (Å²) >= 11 is 1.41. The average Bonchev–Trinajstić information content (AvgIpc) is 3.15. The second kappa shape index (κ2) is 6.71. The zero-order valence-corrected chi connectivity index (χ0v) is 13.7. The third-order valence-corrected chi connectivity index (χ3v) is 4.44. The van der Waals surface area contributed by atoms with Gasteiger partial charge >= 0.3 is 0 Å². The van der Waals surface area contributed by atoms with Gasteiger partial charge in [0.05, 0.1) is 29.7 Å². The first-order chi connectivity index (χ1) is 11.2. The van der Waals surface area contributed by atoms with E-state index in [9.17, 15) is 0 Å². The van der Waals surface area contributed by atoms with Crippen LogP contribution in [0.15, 0.2) is 52.2 Å². The van der Waals surface area contributed by atoms with E-state index in [1.807, 2.05) is 42.7 Å². The standard InChI is InChI=1S/C17H16N4OS/c1-12(10-18)23-17-20-19-16(15-8-9-22-13(15)2)21(17)11-14-6-4-3-5-7-14/h3-9,12H,11H2,1-2H3/t12-/m0/s1. The molecule has 3 aromatic rings. The Balaban J connectivity index is 2.03. The summed E-state index contributed by atoms with van der Waals surface area (Å²) in [7, 11) is 0. The van der Waals surface area contributed by atoms with Crippen LogP contribution >= 0.6 is 11.8 Å². The Morgan fingerprint density at radius 1 is 1.26 bits per heavy atom. The summed E-state index contributed by atoms with van der Waals surface area (Å²) in [5, 5.41) is 18.2. The third-order valence-electron chi connectivity index (χ3n) is 3.46. The number of hydrogen-bond donors (Lipinski definition) is 0. The lowest BCUT2D eigenvalue weighted by Gasteiger charge is -2.10. The lowest BCUT2D eigenvalue weighted by atomic mass is 10.2. The summed E-state index contributed by atoms with van der Waals surface area (Å²) in [6.07, 6.45) is 1.65. The summed E-state index contributed by atoms with van der Waals surface area (Å²) in [4.78, 5) is 0. The molecule has 1 aromatic carbocycles. The Kier molecular flexibility index (Phi) is 4.49. The minimum atomic E-state index is -0.188. The average molecular weight is 324 g/mol. The van der Waals surface area contributed by atoms with Gasteiger partial charge in [0.2, 0.25) is 0 Å². The topological polar surface area (TPSA) is 67.6 Å². The lowest BCUT2D eigenvalue weighted by molar-refractivity contribution is 0.534. The lowest BCUT2D eigenvalue weighted by Crippen LogP contribution is -2.05. The molecule has 6 heteroatoms. The van der Waals surface area contributed by atoms with Gasteiger partial charge in [-0.2, -0.15) is 5.26 Å². The van der Waals surface area contributed by atoms with Crippen LogP contribution in [0.25, 0.3) is 11.4 Å². The smallest absolute Gasteiger partial charge is 0.193 e. The fourth-order valence-corrected chi connectivity index (χ4v) is 3.02. The van der Waals surface area contributed by atoms with Gasteiger partial charge in [-0.1, -0.05) is 42.1 Å². The highest BCUT2D eigenvalue weighted by Gasteiger charge is 2.19. The van der Waals surface area contributed by atoms with Gasteiger partial charge in [0, 0.05) is 0 Å². The number of thioether (sulfide) groups is 1. The molecule has 0 N–H and O–H groups in total. The number of nitriles is 1. The van der Waals surface area contributed by atoms with Crippen LogP contribution in [0.5, 0.6) is 0 Å². The molecule has 3 rings (SSSR count). The first kappa shape index (κ1) is 15.4. The number of furan rings is 1. The molecule has 0 saturated carbocycles. The normalized spacial score (nSPS) is 12.0. The van der Waals surface area contributed by atoms with Gasteiger partial charge in [0.25, 0.3) is 0 Å². The van der Waals surface area contributed by atoms with Gasteiger partial charge in [0.1, 0.15) is 5.76 Å². The maximum atomic E-state index is 9.07. The molecule has 0 unspecified atom stereocenters. The molecule has 1 atom stereocenters. The number of rotatable bonds is 5. The van der Waals surface area contributed by atoms with Crippen molar-refractivity contribution in [2.75, 3.05) is 0 Å². The molecule has 0 aliphatic rings. The molecule has 2 heterocycles. The fourth-order valence-electron chi connectivity index (χ4n) is 2.29. The van der Waals surface area contributed by atoms with Crippen molar-refractivity contribution in [3.05, 3.63) is 54.0 Å². The van der Waals surface area contributed by atoms with E-state index < -0.39 is 0 Å². The highest BCUT2D eigenvalue weighted by molar-refractivity contribution is 8.00. The maximum Gasteiger partial charge on any atom is 0.193 e. The largest absolute Gasteiger partial charge is 0.469 e. The van der Waals surface area contributed by atoms with Gasteiger partial charge in [-0.15, -0.1) is 10.2 Å². The van der Waals surface area contributed by atoms with E-state index in [1.54, 1.807) is 6.26 Å². The van der Waals surface area contributed by atoms with Crippen LogP contribution in [-0.2, 0) is 6.54 Å². The fraction of sp³-hybridized carbons (Fsp3) is 0.235. The molecule has 0 bridgehead atoms. The molecular formula is C17H16N4OS. The number of aryl methyl sites for hydroxylation is 1. The minimum Gasteiger partial charge on any atom is -0.469 e. The Morgan fingerprint density at radius 3 is 2.70 bits per heavy atom. The first-order valence-electron chi connectivity index (χ1n) is 7.27. The van der Waals surface area contributed by atoms with Crippen LogP contribution in [0.4, 0.5) is 0 Å². The van der Waals surface area contributed by atoms with Crippen molar-refractivity contribution >= 4 is 11.8 Å². The summed E-state index contributed by atoms with van der Waals surface area (Å²) in [5.41, 5.74) is 2.08. The molecule has 0 radical (unpaired) electrons. The SMILES string of the molecule is Cc1occc1-c1nnc(S[C@@H](C)C#N)n1Cc1ccccc1. The maximum absolute atomic E-state index is 9.07. The van der Waals surface area contributed by atoms with Crippen molar-refractivity contribution in [2.24, 2.45) is 0 Å². The van der Waals surface area contributed by atoms with Crippen LogP contribution < -0.4 is 0 Å². The molecule has 0 saturated heterocycles. The number of benzene rings is 1. The van der Waals surface area contributed by atoms with Crippen molar-refractivity contribution in [1.82, 2.24) is 14.8 Å². The predicted octanol–water partition coefficient (Wildman–Crippen LogP) is 3.90. The quantitative estimate of drug-likeness (QED) is 0.666.